The Bertz CT molecular complexity index is 499. The van der Waals surface area contributed by atoms with Crippen molar-refractivity contribution in [3.8, 4) is 0 Å². The van der Waals surface area contributed by atoms with Crippen LogP contribution in [0.25, 0.3) is 0 Å². The summed E-state index contributed by atoms with van der Waals surface area (Å²) in [6.07, 6.45) is 0. The highest BCUT2D eigenvalue weighted by Crippen LogP contribution is 2.32. The quantitative estimate of drug-likeness (QED) is 0.876. The number of halogens is 3. The molecule has 92 valence electrons. The highest BCUT2D eigenvalue weighted by Gasteiger charge is 2.19. The summed E-state index contributed by atoms with van der Waals surface area (Å²) in [7, 11) is 0. The van der Waals surface area contributed by atoms with E-state index in [4.69, 9.17) is 17.3 Å². The van der Waals surface area contributed by atoms with E-state index in [-0.39, 0.29) is 18.2 Å². The van der Waals surface area contributed by atoms with Gasteiger partial charge >= 0.3 is 0 Å². The second-order valence-corrected chi connectivity index (χ2v) is 4.97. The average molecular weight is 292 g/mol. The molecule has 0 saturated carbocycles. The van der Waals surface area contributed by atoms with E-state index < -0.39 is 6.04 Å². The Kier molecular flexibility index (Phi) is 4.95. The fraction of sp³-hybridized carbons (Fsp3) is 0.167. The van der Waals surface area contributed by atoms with E-state index in [9.17, 15) is 4.39 Å². The smallest absolute Gasteiger partial charge is 0.132 e. The van der Waals surface area contributed by atoms with Crippen molar-refractivity contribution in [2.24, 2.45) is 5.73 Å². The standard InChI is InChI=1S/C12H11ClFNS.ClH/c1-7-4-5-8(13)10(11(7)14)12(15)9-3-2-6-16-9;/h2-6,12H,15H2,1H3;1H/t12-;/m1./s1. The van der Waals surface area contributed by atoms with Gasteiger partial charge in [-0.2, -0.15) is 0 Å². The number of nitrogens with two attached hydrogens (primary N) is 1. The summed E-state index contributed by atoms with van der Waals surface area (Å²) in [6, 6.07) is 6.62. The SMILES string of the molecule is Cc1ccc(Cl)c([C@H](N)c2cccs2)c1F.Cl. The average Bonchev–Trinajstić information content (AvgIpc) is 2.77. The zero-order chi connectivity index (χ0) is 11.7. The molecule has 1 aromatic carbocycles. The predicted molar refractivity (Wildman–Crippen MR) is 73.7 cm³/mol. The van der Waals surface area contributed by atoms with Gasteiger partial charge in [0.1, 0.15) is 5.82 Å². The summed E-state index contributed by atoms with van der Waals surface area (Å²) < 4.78 is 13.9. The second-order valence-electron chi connectivity index (χ2n) is 3.59. The van der Waals surface area contributed by atoms with Crippen LogP contribution in [0.5, 0.6) is 0 Å². The van der Waals surface area contributed by atoms with E-state index in [1.807, 2.05) is 17.5 Å². The first-order chi connectivity index (χ1) is 7.61. The monoisotopic (exact) mass is 291 g/mol. The minimum Gasteiger partial charge on any atom is -0.319 e. The number of thiophene rings is 1. The third-order valence-corrected chi connectivity index (χ3v) is 3.77. The molecule has 1 atom stereocenters. The van der Waals surface area contributed by atoms with E-state index in [0.717, 1.165) is 4.88 Å². The number of benzene rings is 1. The Morgan fingerprint density at radius 2 is 2.06 bits per heavy atom. The van der Waals surface area contributed by atoms with E-state index >= 15 is 0 Å². The van der Waals surface area contributed by atoms with E-state index in [2.05, 4.69) is 0 Å². The summed E-state index contributed by atoms with van der Waals surface area (Å²) in [5.41, 5.74) is 6.96. The van der Waals surface area contributed by atoms with Crippen LogP contribution in [0.3, 0.4) is 0 Å². The molecular formula is C12H12Cl2FNS. The lowest BCUT2D eigenvalue weighted by molar-refractivity contribution is 0.592. The van der Waals surface area contributed by atoms with Crippen LogP contribution >= 0.6 is 35.3 Å². The third-order valence-electron chi connectivity index (χ3n) is 2.48. The molecule has 2 N–H and O–H groups in total. The molecule has 1 heterocycles. The molecule has 0 aliphatic carbocycles. The lowest BCUT2D eigenvalue weighted by Crippen LogP contribution is -2.13. The summed E-state index contributed by atoms with van der Waals surface area (Å²) in [5.74, 6) is -0.312. The van der Waals surface area contributed by atoms with Crippen LogP contribution < -0.4 is 5.73 Å². The Morgan fingerprint density at radius 3 is 2.65 bits per heavy atom. The Balaban J connectivity index is 0.00000144. The van der Waals surface area contributed by atoms with Gasteiger partial charge in [0, 0.05) is 15.5 Å². The Labute approximate surface area is 115 Å². The highest BCUT2D eigenvalue weighted by atomic mass is 35.5. The molecular weight excluding hydrogens is 280 g/mol. The molecule has 1 nitrogen and oxygen atoms in total. The summed E-state index contributed by atoms with van der Waals surface area (Å²) in [4.78, 5) is 0.909. The summed E-state index contributed by atoms with van der Waals surface area (Å²) >= 11 is 7.50. The van der Waals surface area contributed by atoms with Crippen molar-refractivity contribution < 1.29 is 4.39 Å². The maximum absolute atomic E-state index is 13.9. The maximum Gasteiger partial charge on any atom is 0.132 e. The van der Waals surface area contributed by atoms with Gasteiger partial charge in [-0.15, -0.1) is 23.7 Å². The Morgan fingerprint density at radius 1 is 1.35 bits per heavy atom. The first-order valence-electron chi connectivity index (χ1n) is 4.84. The number of hydrogen-bond donors (Lipinski definition) is 1. The van der Waals surface area contributed by atoms with Crippen molar-refractivity contribution in [2.75, 3.05) is 0 Å². The van der Waals surface area contributed by atoms with E-state index in [0.29, 0.717) is 16.1 Å². The molecule has 0 spiro atoms. The van der Waals surface area contributed by atoms with Crippen molar-refractivity contribution in [3.63, 3.8) is 0 Å². The topological polar surface area (TPSA) is 26.0 Å². The van der Waals surface area contributed by atoms with Crippen LogP contribution in [0.2, 0.25) is 5.02 Å². The van der Waals surface area contributed by atoms with Crippen molar-refractivity contribution in [3.05, 3.63) is 56.5 Å². The van der Waals surface area contributed by atoms with Gasteiger partial charge in [-0.3, -0.25) is 0 Å². The van der Waals surface area contributed by atoms with Crippen molar-refractivity contribution >= 4 is 35.3 Å². The molecule has 0 fully saturated rings. The lowest BCUT2D eigenvalue weighted by atomic mass is 10.0. The third kappa shape index (κ3) is 2.80. The first kappa shape index (κ1) is 14.5. The first-order valence-corrected chi connectivity index (χ1v) is 6.10. The van der Waals surface area contributed by atoms with Gasteiger partial charge < -0.3 is 5.73 Å². The highest BCUT2D eigenvalue weighted by molar-refractivity contribution is 7.10. The van der Waals surface area contributed by atoms with Gasteiger partial charge in [0.2, 0.25) is 0 Å². The molecule has 0 aliphatic rings. The largest absolute Gasteiger partial charge is 0.319 e. The molecule has 5 heteroatoms. The fourth-order valence-corrected chi connectivity index (χ4v) is 2.57. The molecule has 0 radical (unpaired) electrons. The van der Waals surface area contributed by atoms with Gasteiger partial charge in [0.15, 0.2) is 0 Å². The summed E-state index contributed by atoms with van der Waals surface area (Å²) in [5, 5.41) is 2.29. The molecule has 17 heavy (non-hydrogen) atoms. The van der Waals surface area contributed by atoms with Crippen LogP contribution in [0.4, 0.5) is 4.39 Å². The number of aryl methyl sites for hydroxylation is 1. The number of hydrogen-bond acceptors (Lipinski definition) is 2. The zero-order valence-corrected chi connectivity index (χ0v) is 11.5. The fourth-order valence-electron chi connectivity index (χ4n) is 1.57. The molecule has 0 bridgehead atoms. The van der Waals surface area contributed by atoms with Gasteiger partial charge in [0.25, 0.3) is 0 Å². The van der Waals surface area contributed by atoms with Gasteiger partial charge in [-0.25, -0.2) is 4.39 Å². The minimum absolute atomic E-state index is 0. The molecule has 2 aromatic rings. The molecule has 2 rings (SSSR count). The second kappa shape index (κ2) is 5.83. The molecule has 0 aliphatic heterocycles. The van der Waals surface area contributed by atoms with Crippen LogP contribution in [0.1, 0.15) is 22.0 Å². The van der Waals surface area contributed by atoms with Crippen molar-refractivity contribution in [2.45, 2.75) is 13.0 Å². The summed E-state index contributed by atoms with van der Waals surface area (Å²) in [6.45, 7) is 1.70. The van der Waals surface area contributed by atoms with Gasteiger partial charge in [0.05, 0.1) is 6.04 Å². The van der Waals surface area contributed by atoms with Crippen molar-refractivity contribution in [1.29, 1.82) is 0 Å². The number of rotatable bonds is 2. The normalized spacial score (nSPS) is 12.0. The zero-order valence-electron chi connectivity index (χ0n) is 9.11. The van der Waals surface area contributed by atoms with Crippen LogP contribution in [-0.4, -0.2) is 0 Å². The van der Waals surface area contributed by atoms with E-state index in [1.165, 1.54) is 11.3 Å². The Hall–Kier alpha value is -0.610. The van der Waals surface area contributed by atoms with Crippen molar-refractivity contribution in [1.82, 2.24) is 0 Å². The molecule has 1 aromatic heterocycles. The minimum atomic E-state index is -0.493. The predicted octanol–water partition coefficient (Wildman–Crippen LogP) is 4.32. The van der Waals surface area contributed by atoms with Crippen LogP contribution in [0.15, 0.2) is 29.6 Å². The lowest BCUT2D eigenvalue weighted by Gasteiger charge is -2.14. The molecule has 0 unspecified atom stereocenters. The van der Waals surface area contributed by atoms with E-state index in [1.54, 1.807) is 19.1 Å². The van der Waals surface area contributed by atoms with Gasteiger partial charge in [-0.1, -0.05) is 23.7 Å². The van der Waals surface area contributed by atoms with Gasteiger partial charge in [-0.05, 0) is 30.0 Å². The molecule has 0 amide bonds. The van der Waals surface area contributed by atoms with Crippen LogP contribution in [-0.2, 0) is 0 Å². The van der Waals surface area contributed by atoms with Crippen LogP contribution in [0, 0.1) is 12.7 Å². The molecule has 0 saturated heterocycles. The maximum atomic E-state index is 13.9.